The Kier molecular flexibility index (Phi) is 10.7. The summed E-state index contributed by atoms with van der Waals surface area (Å²) in [5.41, 5.74) is 0. The predicted molar refractivity (Wildman–Crippen MR) is 60.2 cm³/mol. The van der Waals surface area contributed by atoms with Crippen LogP contribution in [0.1, 0.15) is 20.8 Å². The number of hydrogen-bond donors (Lipinski definition) is 0. The van der Waals surface area contributed by atoms with Gasteiger partial charge in [-0.25, -0.2) is 0 Å². The molecule has 0 amide bonds. The quantitative estimate of drug-likeness (QED) is 0.739. The third-order valence-corrected chi connectivity index (χ3v) is 34.7. The van der Waals surface area contributed by atoms with Crippen molar-refractivity contribution in [3.8, 4) is 0 Å². The predicted octanol–water partition coefficient (Wildman–Crippen LogP) is 3.23. The maximum absolute atomic E-state index is 2.28. The molecule has 0 heterocycles. The van der Waals surface area contributed by atoms with Gasteiger partial charge in [0, 0.05) is 0 Å². The van der Waals surface area contributed by atoms with E-state index in [0.29, 0.717) is 0 Å². The van der Waals surface area contributed by atoms with Gasteiger partial charge in [-0.1, -0.05) is 0 Å². The van der Waals surface area contributed by atoms with Gasteiger partial charge in [0.2, 0.25) is 0 Å². The topological polar surface area (TPSA) is 0 Å². The van der Waals surface area contributed by atoms with Crippen molar-refractivity contribution in [2.24, 2.45) is 0 Å². The van der Waals surface area contributed by atoms with E-state index in [1.54, 1.807) is 0 Å². The third-order valence-electron chi connectivity index (χ3n) is 0.908. The second-order valence-corrected chi connectivity index (χ2v) is 30.1. The van der Waals surface area contributed by atoms with Crippen LogP contribution in [-0.2, 0) is 0 Å². The first-order chi connectivity index (χ1) is 4.85. The molecule has 0 unspecified atom stereocenters. The van der Waals surface area contributed by atoms with E-state index in [4.69, 9.17) is 0 Å². The van der Waals surface area contributed by atoms with Crippen molar-refractivity contribution in [2.75, 3.05) is 17.3 Å². The monoisotopic (exact) mass is 298 g/mol. The van der Waals surface area contributed by atoms with Gasteiger partial charge >= 0.3 is 80.9 Å². The van der Waals surface area contributed by atoms with E-state index in [9.17, 15) is 0 Å². The normalized spacial score (nSPS) is 9.90. The third kappa shape index (κ3) is 6.62. The molecule has 0 saturated heterocycles. The zero-order valence-electron chi connectivity index (χ0n) is 6.92. The van der Waals surface area contributed by atoms with Crippen molar-refractivity contribution in [1.82, 2.24) is 0 Å². The first-order valence-corrected chi connectivity index (χ1v) is 18.9. The van der Waals surface area contributed by atoms with Crippen molar-refractivity contribution in [1.29, 1.82) is 0 Å². The summed E-state index contributed by atoms with van der Waals surface area (Å²) >= 11 is -1.13. The van der Waals surface area contributed by atoms with E-state index in [0.717, 1.165) is 0 Å². The Morgan fingerprint density at radius 3 is 1.30 bits per heavy atom. The molecule has 0 spiro atoms. The molecular weight excluding hydrogens is 283 g/mol. The fraction of sp³-hybridized carbons (Fsp3) is 1.00. The number of hydrogen-bond acceptors (Lipinski definition) is 3. The minimum absolute atomic E-state index is 1.13. The first kappa shape index (κ1) is 11.9. The van der Waals surface area contributed by atoms with Crippen LogP contribution in [0.15, 0.2) is 0 Å². The van der Waals surface area contributed by atoms with Crippen LogP contribution in [0.25, 0.3) is 0 Å². The second kappa shape index (κ2) is 9.01. The molecule has 0 aliphatic rings. The van der Waals surface area contributed by atoms with Gasteiger partial charge < -0.3 is 0 Å². The molecule has 0 aliphatic carbocycles. The fourth-order valence-electron chi connectivity index (χ4n) is 0.553. The summed E-state index contributed by atoms with van der Waals surface area (Å²) in [4.78, 5) is 0. The Morgan fingerprint density at radius 1 is 0.800 bits per heavy atom. The van der Waals surface area contributed by atoms with Gasteiger partial charge in [-0.05, 0) is 0 Å². The standard InChI is InChI=1S/3C2H6S.In/c3*1-2-3;/h3*3H,2H2,1H3;/q;;;+3/p-3. The summed E-state index contributed by atoms with van der Waals surface area (Å²) in [6, 6.07) is 0. The van der Waals surface area contributed by atoms with Gasteiger partial charge in [0.1, 0.15) is 0 Å². The van der Waals surface area contributed by atoms with E-state index in [1.165, 1.54) is 17.3 Å². The summed E-state index contributed by atoms with van der Waals surface area (Å²) in [7, 11) is 6.78. The molecule has 0 radical (unpaired) electrons. The van der Waals surface area contributed by atoms with Crippen LogP contribution >= 0.6 is 25.8 Å². The van der Waals surface area contributed by atoms with Crippen LogP contribution in [0.3, 0.4) is 0 Å². The van der Waals surface area contributed by atoms with Crippen LogP contribution in [-0.4, -0.2) is 34.3 Å². The van der Waals surface area contributed by atoms with Crippen LogP contribution in [0, 0.1) is 0 Å². The van der Waals surface area contributed by atoms with Gasteiger partial charge in [0.25, 0.3) is 0 Å². The molecule has 0 fully saturated rings. The molecule has 60 valence electrons. The summed E-state index contributed by atoms with van der Waals surface area (Å²) in [5.74, 6) is 4.00. The molecule has 0 bridgehead atoms. The van der Waals surface area contributed by atoms with Crippen molar-refractivity contribution < 1.29 is 0 Å². The summed E-state index contributed by atoms with van der Waals surface area (Å²) in [6.45, 7) is 6.84. The average molecular weight is 298 g/mol. The Bertz CT molecular complexity index is 55.7. The van der Waals surface area contributed by atoms with Crippen LogP contribution < -0.4 is 0 Å². The van der Waals surface area contributed by atoms with E-state index >= 15 is 0 Å². The Morgan fingerprint density at radius 2 is 1.10 bits per heavy atom. The maximum atomic E-state index is 2.28. The molecule has 0 N–H and O–H groups in total. The molecule has 0 aliphatic heterocycles. The minimum atomic E-state index is -1.13. The zero-order chi connectivity index (χ0) is 7.82. The summed E-state index contributed by atoms with van der Waals surface area (Å²) < 4.78 is 0. The van der Waals surface area contributed by atoms with Gasteiger partial charge in [0.05, 0.1) is 0 Å². The Labute approximate surface area is 80.1 Å². The summed E-state index contributed by atoms with van der Waals surface area (Å²) in [6.07, 6.45) is 0. The fourth-order valence-corrected chi connectivity index (χ4v) is 33.4. The SMILES string of the molecule is CC[S][In]([S]CC)[S]CC. The van der Waals surface area contributed by atoms with E-state index < -0.39 is 17.1 Å². The Balaban J connectivity index is 3.30. The first-order valence-electron chi connectivity index (χ1n) is 3.69. The second-order valence-electron chi connectivity index (χ2n) is 1.65. The summed E-state index contributed by atoms with van der Waals surface area (Å²) in [5, 5.41) is 0. The van der Waals surface area contributed by atoms with E-state index in [-0.39, 0.29) is 0 Å². The molecule has 0 nitrogen and oxygen atoms in total. The molecule has 10 heavy (non-hydrogen) atoms. The van der Waals surface area contributed by atoms with Gasteiger partial charge in [-0.15, -0.1) is 0 Å². The average Bonchev–Trinajstić information content (AvgIpc) is 1.90. The van der Waals surface area contributed by atoms with Gasteiger partial charge in [0.15, 0.2) is 0 Å². The van der Waals surface area contributed by atoms with E-state index in [1.807, 2.05) is 0 Å². The van der Waals surface area contributed by atoms with Crippen molar-refractivity contribution in [3.05, 3.63) is 0 Å². The molecule has 0 aromatic heterocycles. The van der Waals surface area contributed by atoms with Crippen LogP contribution in [0.4, 0.5) is 0 Å². The van der Waals surface area contributed by atoms with Crippen LogP contribution in [0.5, 0.6) is 0 Å². The molecule has 0 atom stereocenters. The number of rotatable bonds is 6. The molecule has 4 heteroatoms. The van der Waals surface area contributed by atoms with Crippen molar-refractivity contribution in [2.45, 2.75) is 20.8 Å². The van der Waals surface area contributed by atoms with Crippen LogP contribution in [0.2, 0.25) is 0 Å². The van der Waals surface area contributed by atoms with Gasteiger partial charge in [-0.3, -0.25) is 0 Å². The molecule has 0 aromatic carbocycles. The molecule has 0 rings (SSSR count). The molecular formula is C6H15InS3. The molecule has 0 aromatic rings. The van der Waals surface area contributed by atoms with E-state index in [2.05, 4.69) is 46.5 Å². The zero-order valence-corrected chi connectivity index (χ0v) is 12.7. The van der Waals surface area contributed by atoms with Crippen molar-refractivity contribution >= 4 is 42.8 Å². The molecule has 0 saturated carbocycles. The van der Waals surface area contributed by atoms with Gasteiger partial charge in [-0.2, -0.15) is 0 Å². The van der Waals surface area contributed by atoms with Crippen molar-refractivity contribution in [3.63, 3.8) is 0 Å². The Hall–Kier alpha value is 1.92.